The fourth-order valence-electron chi connectivity index (χ4n) is 6.42. The highest BCUT2D eigenvalue weighted by atomic mass is 16.5. The van der Waals surface area contributed by atoms with Crippen LogP contribution in [-0.4, -0.2) is 49.2 Å². The standard InChI is InChI=1S/C22H28N2O3/c1-4-14-9-13-11-22(21(25)27-3)19-16(7-8-24(12-13)20(14)22)17-10-15(26-2)5-6-18(17)23-19/h5-6,10,13-14,20,23H,4,7-9,11-12H2,1-3H3/t13-,14+,20?,22?/m0/s1. The number of hydrogen-bond acceptors (Lipinski definition) is 4. The normalized spacial score (nSPS) is 34.2. The third-order valence-electron chi connectivity index (χ3n) is 7.37. The van der Waals surface area contributed by atoms with Gasteiger partial charge in [0, 0.05) is 35.7 Å². The second-order valence-electron chi connectivity index (χ2n) is 8.52. The largest absolute Gasteiger partial charge is 0.497 e. The first-order valence-corrected chi connectivity index (χ1v) is 10.1. The number of ether oxygens (including phenoxy) is 2. The van der Waals surface area contributed by atoms with E-state index in [1.165, 1.54) is 17.4 Å². The molecule has 6 rings (SSSR count). The van der Waals surface area contributed by atoms with Gasteiger partial charge in [-0.1, -0.05) is 13.3 Å². The van der Waals surface area contributed by atoms with E-state index in [1.807, 2.05) is 6.07 Å². The Balaban J connectivity index is 1.79. The van der Waals surface area contributed by atoms with Gasteiger partial charge in [-0.05, 0) is 54.9 Å². The van der Waals surface area contributed by atoms with Crippen LogP contribution in [0.1, 0.15) is 37.4 Å². The first-order chi connectivity index (χ1) is 13.1. The Morgan fingerprint density at radius 3 is 2.96 bits per heavy atom. The molecule has 4 aliphatic rings. The molecule has 4 bridgehead atoms. The van der Waals surface area contributed by atoms with E-state index in [0.29, 0.717) is 11.8 Å². The monoisotopic (exact) mass is 368 g/mol. The van der Waals surface area contributed by atoms with E-state index in [9.17, 15) is 4.79 Å². The second-order valence-corrected chi connectivity index (χ2v) is 8.52. The summed E-state index contributed by atoms with van der Waals surface area (Å²) in [7, 11) is 3.24. The van der Waals surface area contributed by atoms with Crippen LogP contribution in [-0.2, 0) is 21.4 Å². The van der Waals surface area contributed by atoms with Gasteiger partial charge in [0.15, 0.2) is 0 Å². The zero-order chi connectivity index (χ0) is 18.8. The summed E-state index contributed by atoms with van der Waals surface area (Å²) in [4.78, 5) is 19.6. The lowest BCUT2D eigenvalue weighted by Gasteiger charge is -2.57. The lowest BCUT2D eigenvalue weighted by molar-refractivity contribution is -0.162. The number of methoxy groups -OCH3 is 2. The molecule has 0 amide bonds. The number of hydrogen-bond donors (Lipinski definition) is 1. The third kappa shape index (κ3) is 2.18. The third-order valence-corrected chi connectivity index (χ3v) is 7.37. The number of aromatic nitrogens is 1. The molecular formula is C22H28N2O3. The smallest absolute Gasteiger partial charge is 0.319 e. The maximum atomic E-state index is 13.4. The van der Waals surface area contributed by atoms with Crippen LogP contribution < -0.4 is 4.74 Å². The number of piperidine rings is 2. The molecule has 1 aliphatic carbocycles. The molecule has 144 valence electrons. The number of rotatable bonds is 3. The van der Waals surface area contributed by atoms with Gasteiger partial charge in [-0.2, -0.15) is 0 Å². The molecule has 5 nitrogen and oxygen atoms in total. The molecule has 27 heavy (non-hydrogen) atoms. The van der Waals surface area contributed by atoms with Crippen LogP contribution in [0.4, 0.5) is 0 Å². The fourth-order valence-corrected chi connectivity index (χ4v) is 6.42. The van der Waals surface area contributed by atoms with E-state index >= 15 is 0 Å². The highest BCUT2D eigenvalue weighted by Gasteiger charge is 2.62. The van der Waals surface area contributed by atoms with Crippen molar-refractivity contribution in [2.24, 2.45) is 11.8 Å². The summed E-state index contributed by atoms with van der Waals surface area (Å²) in [5, 5.41) is 1.19. The minimum Gasteiger partial charge on any atom is -0.497 e. The number of esters is 1. The van der Waals surface area contributed by atoms with Gasteiger partial charge in [0.1, 0.15) is 11.2 Å². The fraction of sp³-hybridized carbons (Fsp3) is 0.591. The summed E-state index contributed by atoms with van der Waals surface area (Å²) < 4.78 is 10.9. The van der Waals surface area contributed by atoms with Gasteiger partial charge in [0.2, 0.25) is 0 Å². The summed E-state index contributed by atoms with van der Waals surface area (Å²) in [5.74, 6) is 1.90. The predicted octanol–water partition coefficient (Wildman–Crippen LogP) is 3.26. The van der Waals surface area contributed by atoms with Crippen molar-refractivity contribution in [1.29, 1.82) is 0 Å². The first-order valence-electron chi connectivity index (χ1n) is 10.1. The molecule has 2 aromatic rings. The Labute approximate surface area is 160 Å². The van der Waals surface area contributed by atoms with Gasteiger partial charge in [-0.3, -0.25) is 9.69 Å². The maximum Gasteiger partial charge on any atom is 0.319 e. The van der Waals surface area contributed by atoms with Crippen molar-refractivity contribution in [2.45, 2.75) is 44.1 Å². The van der Waals surface area contributed by atoms with E-state index < -0.39 is 5.41 Å². The van der Waals surface area contributed by atoms with Gasteiger partial charge in [0.25, 0.3) is 0 Å². The highest BCUT2D eigenvalue weighted by Crippen LogP contribution is 2.55. The van der Waals surface area contributed by atoms with Crippen molar-refractivity contribution >= 4 is 16.9 Å². The summed E-state index contributed by atoms with van der Waals surface area (Å²) >= 11 is 0. The Morgan fingerprint density at radius 1 is 1.37 bits per heavy atom. The molecular weight excluding hydrogens is 340 g/mol. The Hall–Kier alpha value is -2.01. The molecule has 3 unspecified atom stereocenters. The number of nitrogens with one attached hydrogen (secondary N) is 1. The number of aromatic amines is 1. The maximum absolute atomic E-state index is 13.4. The van der Waals surface area contributed by atoms with Crippen LogP contribution >= 0.6 is 0 Å². The van der Waals surface area contributed by atoms with Crippen molar-refractivity contribution in [1.82, 2.24) is 9.88 Å². The van der Waals surface area contributed by atoms with Crippen molar-refractivity contribution in [3.63, 3.8) is 0 Å². The molecule has 1 N–H and O–H groups in total. The highest BCUT2D eigenvalue weighted by molar-refractivity contribution is 5.92. The zero-order valence-corrected chi connectivity index (χ0v) is 16.4. The number of H-pyrrole nitrogens is 1. The lowest BCUT2D eigenvalue weighted by Crippen LogP contribution is -2.67. The van der Waals surface area contributed by atoms with Gasteiger partial charge in [-0.15, -0.1) is 0 Å². The van der Waals surface area contributed by atoms with Crippen LogP contribution in [0.25, 0.3) is 10.9 Å². The average molecular weight is 368 g/mol. The van der Waals surface area contributed by atoms with Crippen molar-refractivity contribution < 1.29 is 14.3 Å². The minimum absolute atomic E-state index is 0.0676. The van der Waals surface area contributed by atoms with Crippen LogP contribution in [0.5, 0.6) is 5.75 Å². The first kappa shape index (κ1) is 17.1. The number of fused-ring (bicyclic) bond motifs is 4. The molecule has 1 aromatic carbocycles. The zero-order valence-electron chi connectivity index (χ0n) is 16.4. The quantitative estimate of drug-likeness (QED) is 0.845. The summed E-state index contributed by atoms with van der Waals surface area (Å²) in [6.45, 7) is 4.39. The summed E-state index contributed by atoms with van der Waals surface area (Å²) in [6.07, 6.45) is 4.20. The number of carbonyl (C=O) groups excluding carboxylic acids is 1. The van der Waals surface area contributed by atoms with Gasteiger partial charge < -0.3 is 14.5 Å². The molecule has 1 saturated carbocycles. The molecule has 2 saturated heterocycles. The van der Waals surface area contributed by atoms with E-state index in [4.69, 9.17) is 9.47 Å². The Kier molecular flexibility index (Phi) is 3.80. The van der Waals surface area contributed by atoms with E-state index in [1.54, 1.807) is 14.2 Å². The molecule has 0 radical (unpaired) electrons. The van der Waals surface area contributed by atoms with E-state index in [0.717, 1.165) is 49.3 Å². The summed E-state index contributed by atoms with van der Waals surface area (Å²) in [6, 6.07) is 6.40. The SMILES string of the molecule is CC[C@@H]1C[C@@H]2CN3CCc4c([nH]c5ccc(OC)cc45)C(C(=O)OC)(C2)C13. The Morgan fingerprint density at radius 2 is 2.22 bits per heavy atom. The van der Waals surface area contributed by atoms with Gasteiger partial charge >= 0.3 is 5.97 Å². The topological polar surface area (TPSA) is 54.6 Å². The minimum atomic E-state index is -0.575. The summed E-state index contributed by atoms with van der Waals surface area (Å²) in [5.41, 5.74) is 2.90. The molecule has 5 atom stereocenters. The van der Waals surface area contributed by atoms with Crippen molar-refractivity contribution in [3.05, 3.63) is 29.5 Å². The average Bonchev–Trinajstić information content (AvgIpc) is 3.04. The predicted molar refractivity (Wildman–Crippen MR) is 104 cm³/mol. The van der Waals surface area contributed by atoms with E-state index in [2.05, 4.69) is 28.9 Å². The van der Waals surface area contributed by atoms with Crippen LogP contribution in [0.15, 0.2) is 18.2 Å². The molecule has 0 spiro atoms. The molecule has 4 heterocycles. The molecule has 5 heteroatoms. The van der Waals surface area contributed by atoms with Crippen molar-refractivity contribution in [2.75, 3.05) is 27.3 Å². The molecule has 3 aliphatic heterocycles. The van der Waals surface area contributed by atoms with Crippen LogP contribution in [0, 0.1) is 11.8 Å². The number of benzene rings is 1. The van der Waals surface area contributed by atoms with Crippen LogP contribution in [0.2, 0.25) is 0 Å². The van der Waals surface area contributed by atoms with Crippen LogP contribution in [0.3, 0.4) is 0 Å². The second kappa shape index (κ2) is 5.99. The lowest BCUT2D eigenvalue weighted by atomic mass is 9.56. The number of nitrogens with zero attached hydrogens (tertiary/aromatic N) is 1. The van der Waals surface area contributed by atoms with E-state index in [-0.39, 0.29) is 12.0 Å². The van der Waals surface area contributed by atoms with Gasteiger partial charge in [-0.25, -0.2) is 0 Å². The Bertz CT molecular complexity index is 904. The van der Waals surface area contributed by atoms with Gasteiger partial charge in [0.05, 0.1) is 14.2 Å². The number of carbonyl (C=O) groups is 1. The molecule has 1 aromatic heterocycles. The molecule has 3 fully saturated rings. The van der Waals surface area contributed by atoms with Crippen molar-refractivity contribution in [3.8, 4) is 5.75 Å².